The van der Waals surface area contributed by atoms with Gasteiger partial charge >= 0.3 is 0 Å². The van der Waals surface area contributed by atoms with Crippen molar-refractivity contribution < 1.29 is 13.5 Å². The Hall–Kier alpha value is -1.49. The summed E-state index contributed by atoms with van der Waals surface area (Å²) in [5.41, 5.74) is 0.895. The molecule has 0 aliphatic heterocycles. The van der Waals surface area contributed by atoms with E-state index in [9.17, 15) is 8.78 Å². The molecule has 0 radical (unpaired) electrons. The summed E-state index contributed by atoms with van der Waals surface area (Å²) in [7, 11) is 0. The molecule has 0 spiro atoms. The molecule has 2 rings (SSSR count). The van der Waals surface area contributed by atoms with Crippen LogP contribution in [0.4, 0.5) is 8.78 Å². The molecule has 1 heterocycles. The fourth-order valence-electron chi connectivity index (χ4n) is 1.25. The molecule has 0 saturated carbocycles. The van der Waals surface area contributed by atoms with E-state index in [0.29, 0.717) is 4.47 Å². The topological polar surface area (TPSA) is 22.1 Å². The minimum atomic E-state index is -0.637. The van der Waals surface area contributed by atoms with Gasteiger partial charge < -0.3 is 4.74 Å². The highest BCUT2D eigenvalue weighted by Crippen LogP contribution is 2.31. The van der Waals surface area contributed by atoms with Crippen molar-refractivity contribution in [3.05, 3.63) is 52.1 Å². The monoisotopic (exact) mass is 299 g/mol. The van der Waals surface area contributed by atoms with Crippen molar-refractivity contribution in [3.8, 4) is 11.6 Å². The number of nitrogens with zero attached hydrogens (tertiary/aromatic N) is 1. The van der Waals surface area contributed by atoms with E-state index >= 15 is 0 Å². The molecule has 0 saturated heterocycles. The average molecular weight is 300 g/mol. The Bertz CT molecular complexity index is 560. The van der Waals surface area contributed by atoms with E-state index in [1.807, 2.05) is 6.92 Å². The molecule has 88 valence electrons. The Morgan fingerprint density at radius 2 is 2.00 bits per heavy atom. The molecule has 0 unspecified atom stereocenters. The molecule has 1 aromatic heterocycles. The normalized spacial score (nSPS) is 10.4. The Balaban J connectivity index is 2.38. The lowest BCUT2D eigenvalue weighted by atomic mass is 10.3. The number of aromatic nitrogens is 1. The van der Waals surface area contributed by atoms with E-state index in [1.54, 1.807) is 6.07 Å². The first-order chi connectivity index (χ1) is 8.08. The SMILES string of the molecule is Cc1ccnc(Oc2cc(F)ccc2F)c1Br. The van der Waals surface area contributed by atoms with Crippen LogP contribution < -0.4 is 4.74 Å². The Kier molecular flexibility index (Phi) is 3.38. The smallest absolute Gasteiger partial charge is 0.234 e. The van der Waals surface area contributed by atoms with Crippen molar-refractivity contribution in [2.45, 2.75) is 6.92 Å². The largest absolute Gasteiger partial charge is 0.435 e. The van der Waals surface area contributed by atoms with Gasteiger partial charge in [0.2, 0.25) is 5.88 Å². The van der Waals surface area contributed by atoms with Gasteiger partial charge in [0, 0.05) is 12.3 Å². The summed E-state index contributed by atoms with van der Waals surface area (Å²) in [6, 6.07) is 4.79. The van der Waals surface area contributed by atoms with Gasteiger partial charge in [0.15, 0.2) is 11.6 Å². The number of ether oxygens (including phenoxy) is 1. The third-order valence-electron chi connectivity index (χ3n) is 2.15. The first-order valence-corrected chi connectivity index (χ1v) is 5.61. The summed E-state index contributed by atoms with van der Waals surface area (Å²) in [4.78, 5) is 3.95. The molecule has 0 fully saturated rings. The standard InChI is InChI=1S/C12H8BrF2NO/c1-7-4-5-16-12(11(7)13)17-10-6-8(14)2-3-9(10)15/h2-6H,1H3. The van der Waals surface area contributed by atoms with E-state index in [1.165, 1.54) is 6.20 Å². The lowest BCUT2D eigenvalue weighted by Gasteiger charge is -2.08. The summed E-state index contributed by atoms with van der Waals surface area (Å²) in [6.07, 6.45) is 1.53. The van der Waals surface area contributed by atoms with Crippen LogP contribution in [0.15, 0.2) is 34.9 Å². The number of aryl methyl sites for hydroxylation is 1. The highest BCUT2D eigenvalue weighted by atomic mass is 79.9. The van der Waals surface area contributed by atoms with Crippen molar-refractivity contribution in [2.24, 2.45) is 0 Å². The van der Waals surface area contributed by atoms with Crippen molar-refractivity contribution >= 4 is 15.9 Å². The van der Waals surface area contributed by atoms with Crippen molar-refractivity contribution in [2.75, 3.05) is 0 Å². The molecule has 0 aliphatic rings. The molecule has 2 aromatic rings. The van der Waals surface area contributed by atoms with Crippen molar-refractivity contribution in [1.82, 2.24) is 4.98 Å². The third-order valence-corrected chi connectivity index (χ3v) is 3.11. The van der Waals surface area contributed by atoms with Gasteiger partial charge in [-0.3, -0.25) is 0 Å². The first kappa shape index (κ1) is 12.0. The maximum absolute atomic E-state index is 13.4. The Morgan fingerprint density at radius 3 is 2.76 bits per heavy atom. The van der Waals surface area contributed by atoms with E-state index in [0.717, 1.165) is 23.8 Å². The lowest BCUT2D eigenvalue weighted by molar-refractivity contribution is 0.419. The zero-order chi connectivity index (χ0) is 12.4. The van der Waals surface area contributed by atoms with Gasteiger partial charge in [-0.2, -0.15) is 0 Å². The maximum Gasteiger partial charge on any atom is 0.234 e. The fourth-order valence-corrected chi connectivity index (χ4v) is 1.56. The molecule has 0 bridgehead atoms. The molecular formula is C12H8BrF2NO. The van der Waals surface area contributed by atoms with Gasteiger partial charge in [0.05, 0.1) is 4.47 Å². The highest BCUT2D eigenvalue weighted by molar-refractivity contribution is 9.10. The Morgan fingerprint density at radius 1 is 1.24 bits per heavy atom. The van der Waals surface area contributed by atoms with Crippen LogP contribution in [0, 0.1) is 18.6 Å². The average Bonchev–Trinajstić information content (AvgIpc) is 2.30. The van der Waals surface area contributed by atoms with Crippen molar-refractivity contribution in [1.29, 1.82) is 0 Å². The second-order valence-corrected chi connectivity index (χ2v) is 4.22. The molecule has 0 aliphatic carbocycles. The van der Waals surface area contributed by atoms with E-state index in [-0.39, 0.29) is 11.6 Å². The van der Waals surface area contributed by atoms with Crippen LogP contribution in [0.25, 0.3) is 0 Å². The summed E-state index contributed by atoms with van der Waals surface area (Å²) in [6.45, 7) is 1.85. The maximum atomic E-state index is 13.4. The number of hydrogen-bond acceptors (Lipinski definition) is 2. The van der Waals surface area contributed by atoms with Crippen LogP contribution in [-0.4, -0.2) is 4.98 Å². The summed E-state index contributed by atoms with van der Waals surface area (Å²) in [5, 5.41) is 0. The molecule has 0 atom stereocenters. The predicted molar refractivity (Wildman–Crippen MR) is 63.1 cm³/mol. The van der Waals surface area contributed by atoms with E-state index in [4.69, 9.17) is 4.74 Å². The van der Waals surface area contributed by atoms with Crippen LogP contribution in [0.2, 0.25) is 0 Å². The van der Waals surface area contributed by atoms with Gasteiger partial charge in [0.25, 0.3) is 0 Å². The predicted octanol–water partition coefficient (Wildman–Crippen LogP) is 4.22. The first-order valence-electron chi connectivity index (χ1n) is 4.82. The van der Waals surface area contributed by atoms with Gasteiger partial charge in [-0.15, -0.1) is 0 Å². The quantitative estimate of drug-likeness (QED) is 0.828. The minimum absolute atomic E-state index is 0.191. The number of hydrogen-bond donors (Lipinski definition) is 0. The number of pyridine rings is 1. The van der Waals surface area contributed by atoms with Crippen LogP contribution in [0.3, 0.4) is 0 Å². The molecule has 0 N–H and O–H groups in total. The highest BCUT2D eigenvalue weighted by Gasteiger charge is 2.10. The second-order valence-electron chi connectivity index (χ2n) is 3.42. The van der Waals surface area contributed by atoms with Crippen molar-refractivity contribution in [3.63, 3.8) is 0 Å². The Labute approximate surface area is 105 Å². The summed E-state index contributed by atoms with van der Waals surface area (Å²) < 4.78 is 32.1. The zero-order valence-corrected chi connectivity index (χ0v) is 10.5. The van der Waals surface area contributed by atoms with Gasteiger partial charge in [-0.05, 0) is 46.6 Å². The number of rotatable bonds is 2. The minimum Gasteiger partial charge on any atom is -0.435 e. The number of halogens is 3. The summed E-state index contributed by atoms with van der Waals surface area (Å²) in [5.74, 6) is -1.19. The zero-order valence-electron chi connectivity index (χ0n) is 8.88. The molecule has 5 heteroatoms. The number of benzene rings is 1. The molecule has 1 aromatic carbocycles. The van der Waals surface area contributed by atoms with Crippen LogP contribution >= 0.6 is 15.9 Å². The molecule has 0 amide bonds. The second kappa shape index (κ2) is 4.79. The van der Waals surface area contributed by atoms with Gasteiger partial charge in [-0.25, -0.2) is 13.8 Å². The van der Waals surface area contributed by atoms with Crippen LogP contribution in [0.5, 0.6) is 11.6 Å². The summed E-state index contributed by atoms with van der Waals surface area (Å²) >= 11 is 3.28. The molecule has 17 heavy (non-hydrogen) atoms. The van der Waals surface area contributed by atoms with E-state index in [2.05, 4.69) is 20.9 Å². The van der Waals surface area contributed by atoms with Gasteiger partial charge in [0.1, 0.15) is 5.82 Å². The van der Waals surface area contributed by atoms with E-state index < -0.39 is 11.6 Å². The van der Waals surface area contributed by atoms with Crippen LogP contribution in [0.1, 0.15) is 5.56 Å². The fraction of sp³-hybridized carbons (Fsp3) is 0.0833. The van der Waals surface area contributed by atoms with Gasteiger partial charge in [-0.1, -0.05) is 0 Å². The lowest BCUT2D eigenvalue weighted by Crippen LogP contribution is -1.93. The molecule has 2 nitrogen and oxygen atoms in total. The van der Waals surface area contributed by atoms with Crippen LogP contribution in [-0.2, 0) is 0 Å². The third kappa shape index (κ3) is 2.61. The molecular weight excluding hydrogens is 292 g/mol.